The van der Waals surface area contributed by atoms with Gasteiger partial charge < -0.3 is 23.4 Å². The molecule has 1 saturated heterocycles. The maximum absolute atomic E-state index is 12.8. The topological polar surface area (TPSA) is 63.2 Å². The van der Waals surface area contributed by atoms with Gasteiger partial charge in [0, 0.05) is 25.9 Å². The third kappa shape index (κ3) is 7.87. The molecule has 0 aliphatic carbocycles. The summed E-state index contributed by atoms with van der Waals surface area (Å²) in [5.74, 6) is -1.03. The molecule has 3 rings (SSSR count). The van der Waals surface area contributed by atoms with Crippen molar-refractivity contribution in [2.24, 2.45) is 11.8 Å². The first kappa shape index (κ1) is 32.6. The Bertz CT molecular complexity index is 1130. The highest BCUT2D eigenvalue weighted by Gasteiger charge is 2.43. The fourth-order valence-electron chi connectivity index (χ4n) is 4.96. The molecule has 0 spiro atoms. The van der Waals surface area contributed by atoms with Crippen molar-refractivity contribution in [1.82, 2.24) is 0 Å². The van der Waals surface area contributed by atoms with E-state index in [9.17, 15) is 4.79 Å². The summed E-state index contributed by atoms with van der Waals surface area (Å²) in [7, 11) is -1.83. The van der Waals surface area contributed by atoms with E-state index < -0.39 is 19.9 Å². The molecule has 224 valence electrons. The van der Waals surface area contributed by atoms with E-state index in [1.165, 1.54) is 0 Å². The Kier molecular flexibility index (Phi) is 9.57. The van der Waals surface area contributed by atoms with Crippen molar-refractivity contribution in [3.05, 3.63) is 47.1 Å². The Morgan fingerprint density at radius 2 is 1.65 bits per heavy atom. The van der Waals surface area contributed by atoms with Gasteiger partial charge in [-0.2, -0.15) is 0 Å². The number of cyclic esters (lactones) is 1. The maximum Gasteiger partial charge on any atom is 0.345 e. The van der Waals surface area contributed by atoms with Crippen molar-refractivity contribution < 1.29 is 28.2 Å². The number of hydrogen-bond acceptors (Lipinski definition) is 6. The Hall–Kier alpha value is -1.93. The predicted molar refractivity (Wildman–Crippen MR) is 164 cm³/mol. The van der Waals surface area contributed by atoms with Gasteiger partial charge in [-0.05, 0) is 75.4 Å². The highest BCUT2D eigenvalue weighted by atomic mass is 28.4. The molecule has 1 aromatic rings. The van der Waals surface area contributed by atoms with Crippen LogP contribution in [0.4, 0.5) is 0 Å². The Morgan fingerprint density at radius 3 is 2.27 bits per heavy atom. The summed E-state index contributed by atoms with van der Waals surface area (Å²) in [6.45, 7) is 27.4. The molecule has 2 aliphatic heterocycles. The SMILES string of the molecule is Cc1cc(/C=C/C[C@@H]2OC(C)(C)O[C@@H]2[C@H](C)/C=C\[C@@H](C)[C@H](C)O[Si](C)(C)C(C)(C)C)c2c(c1)OC(C)(C)OC2=O. The van der Waals surface area contributed by atoms with Gasteiger partial charge in [-0.3, -0.25) is 0 Å². The fraction of sp³-hybridized carbons (Fsp3) is 0.667. The fourth-order valence-corrected chi connectivity index (χ4v) is 6.45. The molecular weight excluding hydrogens is 520 g/mol. The average Bonchev–Trinajstić information content (AvgIpc) is 3.08. The lowest BCUT2D eigenvalue weighted by Gasteiger charge is -2.39. The van der Waals surface area contributed by atoms with E-state index >= 15 is 0 Å². The van der Waals surface area contributed by atoms with Crippen LogP contribution in [-0.2, 0) is 18.6 Å². The summed E-state index contributed by atoms with van der Waals surface area (Å²) < 4.78 is 30.7. The van der Waals surface area contributed by atoms with Gasteiger partial charge in [0.25, 0.3) is 0 Å². The van der Waals surface area contributed by atoms with Crippen LogP contribution < -0.4 is 4.74 Å². The van der Waals surface area contributed by atoms with Crippen LogP contribution in [-0.4, -0.2) is 44.2 Å². The van der Waals surface area contributed by atoms with E-state index in [1.54, 1.807) is 13.8 Å². The van der Waals surface area contributed by atoms with Crippen molar-refractivity contribution in [3.63, 3.8) is 0 Å². The van der Waals surface area contributed by atoms with Gasteiger partial charge in [0.2, 0.25) is 5.79 Å². The third-order valence-electron chi connectivity index (χ3n) is 8.33. The van der Waals surface area contributed by atoms with Crippen LogP contribution in [0, 0.1) is 18.8 Å². The van der Waals surface area contributed by atoms with E-state index in [0.29, 0.717) is 17.7 Å². The molecule has 0 aromatic heterocycles. The Balaban J connectivity index is 1.71. The lowest BCUT2D eigenvalue weighted by molar-refractivity contribution is -0.148. The number of hydrogen-bond donors (Lipinski definition) is 0. The lowest BCUT2D eigenvalue weighted by atomic mass is 9.94. The number of ether oxygens (including phenoxy) is 4. The van der Waals surface area contributed by atoms with Crippen molar-refractivity contribution in [1.29, 1.82) is 0 Å². The van der Waals surface area contributed by atoms with E-state index in [4.69, 9.17) is 23.4 Å². The van der Waals surface area contributed by atoms with Gasteiger partial charge in [0.1, 0.15) is 11.3 Å². The van der Waals surface area contributed by atoms with Gasteiger partial charge in [0.15, 0.2) is 14.1 Å². The average molecular weight is 573 g/mol. The molecule has 0 saturated carbocycles. The molecule has 2 heterocycles. The molecule has 1 aromatic carbocycles. The molecule has 0 amide bonds. The van der Waals surface area contributed by atoms with Crippen LogP contribution in [0.3, 0.4) is 0 Å². The van der Waals surface area contributed by atoms with Gasteiger partial charge in [-0.15, -0.1) is 0 Å². The maximum atomic E-state index is 12.8. The molecule has 7 heteroatoms. The highest BCUT2D eigenvalue weighted by molar-refractivity contribution is 6.74. The van der Waals surface area contributed by atoms with Crippen LogP contribution in [0.2, 0.25) is 18.1 Å². The van der Waals surface area contributed by atoms with Crippen LogP contribution in [0.25, 0.3) is 6.08 Å². The minimum atomic E-state index is -1.83. The second-order valence-corrected chi connectivity index (χ2v) is 18.8. The van der Waals surface area contributed by atoms with Crippen LogP contribution >= 0.6 is 0 Å². The number of carbonyl (C=O) groups excluding carboxylic acids is 1. The van der Waals surface area contributed by atoms with E-state index in [1.807, 2.05) is 39.0 Å². The first-order chi connectivity index (χ1) is 18.2. The predicted octanol–water partition coefficient (Wildman–Crippen LogP) is 8.44. The van der Waals surface area contributed by atoms with Crippen LogP contribution in [0.5, 0.6) is 5.75 Å². The van der Waals surface area contributed by atoms with Crippen LogP contribution in [0.15, 0.2) is 30.4 Å². The first-order valence-corrected chi connectivity index (χ1v) is 17.6. The highest BCUT2D eigenvalue weighted by Crippen LogP contribution is 2.39. The van der Waals surface area contributed by atoms with Crippen molar-refractivity contribution in [2.75, 3.05) is 0 Å². The van der Waals surface area contributed by atoms with E-state index in [2.05, 4.69) is 72.9 Å². The summed E-state index contributed by atoms with van der Waals surface area (Å²) in [6.07, 6.45) is 9.09. The molecule has 0 unspecified atom stereocenters. The van der Waals surface area contributed by atoms with E-state index in [0.717, 1.165) is 11.1 Å². The smallest absolute Gasteiger partial charge is 0.345 e. The van der Waals surface area contributed by atoms with Gasteiger partial charge in [-0.1, -0.05) is 65.0 Å². The van der Waals surface area contributed by atoms with E-state index in [-0.39, 0.29) is 41.2 Å². The summed E-state index contributed by atoms with van der Waals surface area (Å²) in [5, 5.41) is 0.182. The number of fused-ring (bicyclic) bond motifs is 1. The molecule has 6 nitrogen and oxygen atoms in total. The van der Waals surface area contributed by atoms with Gasteiger partial charge in [-0.25, -0.2) is 4.79 Å². The molecule has 0 bridgehead atoms. The van der Waals surface area contributed by atoms with Gasteiger partial charge in [0.05, 0.1) is 12.2 Å². The first-order valence-electron chi connectivity index (χ1n) is 14.7. The normalized spacial score (nSPS) is 25.0. The summed E-state index contributed by atoms with van der Waals surface area (Å²) in [5.41, 5.74) is 2.26. The summed E-state index contributed by atoms with van der Waals surface area (Å²) in [6, 6.07) is 3.86. The minimum absolute atomic E-state index is 0.0970. The third-order valence-corrected chi connectivity index (χ3v) is 12.9. The standard InChI is InChI=1S/C33H52O6Si/c1-21-19-25(28-27(20-21)36-33(10,11)38-30(28)34)15-14-16-26-29(37-32(8,9)35-26)23(3)18-17-22(2)24(4)39-40(12,13)31(5,6)7/h14-15,17-20,22-24,26,29H,16H2,1-13H3/b15-14+,18-17-/t22-,23-,24+,26+,29-/m1/s1. The van der Waals surface area contributed by atoms with Crippen molar-refractivity contribution in [2.45, 2.75) is 131 Å². The molecule has 40 heavy (non-hydrogen) atoms. The molecule has 0 radical (unpaired) electrons. The Morgan fingerprint density at radius 1 is 1.00 bits per heavy atom. The summed E-state index contributed by atoms with van der Waals surface area (Å²) in [4.78, 5) is 12.8. The lowest BCUT2D eigenvalue weighted by Crippen LogP contribution is -2.44. The molecule has 0 N–H and O–H groups in total. The Labute approximate surface area is 243 Å². The zero-order valence-electron chi connectivity index (χ0n) is 27.0. The monoisotopic (exact) mass is 572 g/mol. The molecular formula is C33H52O6Si. The number of carbonyl (C=O) groups is 1. The molecule has 2 aliphatic rings. The zero-order valence-corrected chi connectivity index (χ0v) is 28.0. The number of benzene rings is 1. The number of esters is 1. The quantitative estimate of drug-likeness (QED) is 0.168. The largest absolute Gasteiger partial charge is 0.452 e. The van der Waals surface area contributed by atoms with Crippen molar-refractivity contribution in [3.8, 4) is 5.75 Å². The summed E-state index contributed by atoms with van der Waals surface area (Å²) >= 11 is 0. The molecule has 5 atom stereocenters. The van der Waals surface area contributed by atoms with Crippen LogP contribution in [0.1, 0.15) is 97.1 Å². The minimum Gasteiger partial charge on any atom is -0.452 e. The number of aryl methyl sites for hydroxylation is 1. The van der Waals surface area contributed by atoms with Crippen molar-refractivity contribution >= 4 is 20.4 Å². The second kappa shape index (κ2) is 11.7. The second-order valence-electron chi connectivity index (χ2n) is 14.1. The van der Waals surface area contributed by atoms with Gasteiger partial charge >= 0.3 is 5.97 Å². The molecule has 1 fully saturated rings. The zero-order chi connectivity index (χ0) is 30.3. The number of rotatable bonds is 9.